The molecule has 0 bridgehead atoms. The van der Waals surface area contributed by atoms with E-state index in [4.69, 9.17) is 12.6 Å². The number of rotatable bonds is 6. The van der Waals surface area contributed by atoms with E-state index in [0.717, 1.165) is 5.75 Å². The maximum Gasteiger partial charge on any atom is -0.0133 e. The Balaban J connectivity index is 1.89. The van der Waals surface area contributed by atoms with Crippen LogP contribution in [0.1, 0.15) is 38.5 Å². The van der Waals surface area contributed by atoms with Crippen molar-refractivity contribution < 1.29 is 0 Å². The van der Waals surface area contributed by atoms with Crippen LogP contribution in [0, 0.1) is 0 Å². The molecule has 1 aliphatic carbocycles. The highest BCUT2D eigenvalue weighted by Gasteiger charge is 1.97. The van der Waals surface area contributed by atoms with Gasteiger partial charge in [-0.2, -0.15) is 5.75 Å². The standard InChI is InChI=1S/C11H18S/c12-10-6-2-1-3-7-11-8-4-5-9-11/h4-5,8,12H,1-3,6-7,9-10H2/p-1. The molecule has 1 rings (SSSR count). The second-order valence-electron chi connectivity index (χ2n) is 3.33. The van der Waals surface area contributed by atoms with Crippen molar-refractivity contribution in [3.05, 3.63) is 23.8 Å². The molecule has 0 nitrogen and oxygen atoms in total. The molecular formula is C11H17S-. The summed E-state index contributed by atoms with van der Waals surface area (Å²) in [4.78, 5) is 0. The summed E-state index contributed by atoms with van der Waals surface area (Å²) in [6, 6.07) is 0. The van der Waals surface area contributed by atoms with E-state index >= 15 is 0 Å². The van der Waals surface area contributed by atoms with Crippen LogP contribution in [-0.2, 0) is 12.6 Å². The molecule has 0 N–H and O–H groups in total. The summed E-state index contributed by atoms with van der Waals surface area (Å²) < 4.78 is 0. The second-order valence-corrected chi connectivity index (χ2v) is 3.73. The zero-order valence-electron chi connectivity index (χ0n) is 7.59. The van der Waals surface area contributed by atoms with Gasteiger partial charge in [0.1, 0.15) is 0 Å². The zero-order valence-corrected chi connectivity index (χ0v) is 8.41. The fourth-order valence-corrected chi connectivity index (χ4v) is 1.69. The maximum absolute atomic E-state index is 4.89. The Labute approximate surface area is 81.2 Å². The summed E-state index contributed by atoms with van der Waals surface area (Å²) >= 11 is 4.89. The lowest BCUT2D eigenvalue weighted by Crippen LogP contribution is -1.83. The number of allylic oxidation sites excluding steroid dienone is 4. The fourth-order valence-electron chi connectivity index (χ4n) is 1.48. The monoisotopic (exact) mass is 181 g/mol. The highest BCUT2D eigenvalue weighted by molar-refractivity contribution is 7.58. The van der Waals surface area contributed by atoms with E-state index in [1.54, 1.807) is 5.57 Å². The molecule has 0 aromatic heterocycles. The van der Waals surface area contributed by atoms with E-state index < -0.39 is 0 Å². The Morgan fingerprint density at radius 2 is 2.00 bits per heavy atom. The van der Waals surface area contributed by atoms with E-state index in [9.17, 15) is 0 Å². The van der Waals surface area contributed by atoms with E-state index in [-0.39, 0.29) is 0 Å². The average molecular weight is 181 g/mol. The van der Waals surface area contributed by atoms with Crippen LogP contribution in [0.25, 0.3) is 0 Å². The smallest absolute Gasteiger partial charge is 0.0133 e. The van der Waals surface area contributed by atoms with Gasteiger partial charge in [-0.05, 0) is 19.3 Å². The molecule has 0 atom stereocenters. The molecule has 12 heavy (non-hydrogen) atoms. The Bertz CT molecular complexity index is 168. The molecule has 0 aromatic rings. The Hall–Kier alpha value is -0.170. The molecule has 1 heteroatoms. The Kier molecular flexibility index (Phi) is 5.25. The summed E-state index contributed by atoms with van der Waals surface area (Å²) in [5.74, 6) is 0.935. The van der Waals surface area contributed by atoms with Gasteiger partial charge >= 0.3 is 0 Å². The van der Waals surface area contributed by atoms with Gasteiger partial charge in [0.25, 0.3) is 0 Å². The van der Waals surface area contributed by atoms with Crippen LogP contribution in [-0.4, -0.2) is 5.75 Å². The van der Waals surface area contributed by atoms with Gasteiger partial charge in [0.15, 0.2) is 0 Å². The first-order chi connectivity index (χ1) is 5.93. The van der Waals surface area contributed by atoms with Crippen LogP contribution in [0.15, 0.2) is 23.8 Å². The largest absolute Gasteiger partial charge is 0.793 e. The van der Waals surface area contributed by atoms with Crippen molar-refractivity contribution in [3.63, 3.8) is 0 Å². The molecule has 68 valence electrons. The molecule has 0 amide bonds. The average Bonchev–Trinajstić information content (AvgIpc) is 2.57. The lowest BCUT2D eigenvalue weighted by atomic mass is 10.1. The van der Waals surface area contributed by atoms with E-state index in [2.05, 4.69) is 18.2 Å². The third kappa shape index (κ3) is 4.01. The minimum Gasteiger partial charge on any atom is -0.793 e. The third-order valence-corrected chi connectivity index (χ3v) is 2.53. The van der Waals surface area contributed by atoms with Crippen molar-refractivity contribution >= 4 is 12.6 Å². The Morgan fingerprint density at radius 1 is 1.17 bits per heavy atom. The highest BCUT2D eigenvalue weighted by Crippen LogP contribution is 2.17. The van der Waals surface area contributed by atoms with Crippen LogP contribution in [0.4, 0.5) is 0 Å². The molecule has 0 fully saturated rings. The summed E-state index contributed by atoms with van der Waals surface area (Å²) in [6.45, 7) is 0. The zero-order chi connectivity index (χ0) is 8.65. The van der Waals surface area contributed by atoms with E-state index in [1.165, 1.54) is 38.5 Å². The first kappa shape index (κ1) is 9.91. The van der Waals surface area contributed by atoms with Crippen molar-refractivity contribution in [2.24, 2.45) is 0 Å². The van der Waals surface area contributed by atoms with Crippen LogP contribution in [0.2, 0.25) is 0 Å². The van der Waals surface area contributed by atoms with Crippen molar-refractivity contribution in [3.8, 4) is 0 Å². The van der Waals surface area contributed by atoms with Gasteiger partial charge in [-0.15, -0.1) is 0 Å². The molecule has 0 saturated heterocycles. The molecular weight excluding hydrogens is 164 g/mol. The topological polar surface area (TPSA) is 0 Å². The first-order valence-corrected chi connectivity index (χ1v) is 5.44. The van der Waals surface area contributed by atoms with Crippen LogP contribution < -0.4 is 0 Å². The summed E-state index contributed by atoms with van der Waals surface area (Å²) in [7, 11) is 0. The molecule has 0 aromatic carbocycles. The lowest BCUT2D eigenvalue weighted by Gasteiger charge is -2.03. The fraction of sp³-hybridized carbons (Fsp3) is 0.636. The number of hydrogen-bond acceptors (Lipinski definition) is 1. The lowest BCUT2D eigenvalue weighted by molar-refractivity contribution is 0.665. The highest BCUT2D eigenvalue weighted by atomic mass is 32.1. The van der Waals surface area contributed by atoms with Gasteiger partial charge in [-0.1, -0.05) is 43.1 Å². The van der Waals surface area contributed by atoms with Gasteiger partial charge in [0.05, 0.1) is 0 Å². The van der Waals surface area contributed by atoms with E-state index in [0.29, 0.717) is 0 Å². The summed E-state index contributed by atoms with van der Waals surface area (Å²) in [5.41, 5.74) is 1.60. The quantitative estimate of drug-likeness (QED) is 0.447. The van der Waals surface area contributed by atoms with Crippen molar-refractivity contribution in [1.82, 2.24) is 0 Å². The van der Waals surface area contributed by atoms with Gasteiger partial charge in [0, 0.05) is 0 Å². The third-order valence-electron chi connectivity index (χ3n) is 2.24. The summed E-state index contributed by atoms with van der Waals surface area (Å²) in [6.07, 6.45) is 14.4. The van der Waals surface area contributed by atoms with Crippen LogP contribution in [0.5, 0.6) is 0 Å². The van der Waals surface area contributed by atoms with Crippen molar-refractivity contribution in [2.75, 3.05) is 5.75 Å². The normalized spacial score (nSPS) is 15.2. The molecule has 0 spiro atoms. The predicted octanol–water partition coefficient (Wildman–Crippen LogP) is 3.37. The minimum atomic E-state index is 0.935. The molecule has 0 unspecified atom stereocenters. The van der Waals surface area contributed by atoms with Gasteiger partial charge in [-0.3, -0.25) is 0 Å². The van der Waals surface area contributed by atoms with Gasteiger partial charge in [-0.25, -0.2) is 0 Å². The second kappa shape index (κ2) is 6.36. The molecule has 0 radical (unpaired) electrons. The van der Waals surface area contributed by atoms with Crippen molar-refractivity contribution in [2.45, 2.75) is 38.5 Å². The van der Waals surface area contributed by atoms with Crippen LogP contribution in [0.3, 0.4) is 0 Å². The predicted molar refractivity (Wildman–Crippen MR) is 57.2 cm³/mol. The Morgan fingerprint density at radius 3 is 2.67 bits per heavy atom. The van der Waals surface area contributed by atoms with Crippen LogP contribution >= 0.6 is 0 Å². The minimum absolute atomic E-state index is 0.935. The van der Waals surface area contributed by atoms with Crippen molar-refractivity contribution in [1.29, 1.82) is 0 Å². The SMILES string of the molecule is [S-]CCCCCCC1=CC=CC1. The van der Waals surface area contributed by atoms with Gasteiger partial charge in [0.2, 0.25) is 0 Å². The maximum atomic E-state index is 4.89. The number of unbranched alkanes of at least 4 members (excludes halogenated alkanes) is 3. The molecule has 0 aliphatic heterocycles. The van der Waals surface area contributed by atoms with E-state index in [1.807, 2.05) is 0 Å². The van der Waals surface area contributed by atoms with Gasteiger partial charge < -0.3 is 12.6 Å². The summed E-state index contributed by atoms with van der Waals surface area (Å²) in [5, 5.41) is 0. The first-order valence-electron chi connectivity index (χ1n) is 4.86. The number of hydrogen-bond donors (Lipinski definition) is 0. The molecule has 0 heterocycles. The molecule has 1 aliphatic rings. The molecule has 0 saturated carbocycles.